The van der Waals surface area contributed by atoms with Crippen molar-refractivity contribution in [3.05, 3.63) is 32.2 Å². The first-order valence-corrected chi connectivity index (χ1v) is 18.5. The average Bonchev–Trinajstić information content (AvgIpc) is 3.76. The molecule has 5 heterocycles. The van der Waals surface area contributed by atoms with Gasteiger partial charge in [0.1, 0.15) is 17.0 Å². The van der Waals surface area contributed by atoms with Crippen molar-refractivity contribution in [1.82, 2.24) is 25.1 Å². The Kier molecular flexibility index (Phi) is 13.8. The maximum atomic E-state index is 11.9. The zero-order valence-electron chi connectivity index (χ0n) is 28.0. The molecule has 0 bridgehead atoms. The topological polar surface area (TPSA) is 114 Å². The Hall–Kier alpha value is -2.09. The summed E-state index contributed by atoms with van der Waals surface area (Å²) < 4.78 is 10.6. The van der Waals surface area contributed by atoms with Crippen LogP contribution < -0.4 is 5.32 Å². The summed E-state index contributed by atoms with van der Waals surface area (Å²) in [5.74, 6) is 1.17. The number of hydrogen-bond donors (Lipinski definition) is 1. The summed E-state index contributed by atoms with van der Waals surface area (Å²) in [5.41, 5.74) is 1.50. The van der Waals surface area contributed by atoms with Crippen LogP contribution in [0.2, 0.25) is 0 Å². The zero-order valence-corrected chi connectivity index (χ0v) is 31.2. The molecule has 5 rings (SSSR count). The first-order chi connectivity index (χ1) is 21.0. The van der Waals surface area contributed by atoms with Gasteiger partial charge in [0.25, 0.3) is 0 Å². The number of aromatic nitrogens is 2. The van der Waals surface area contributed by atoms with Crippen molar-refractivity contribution in [2.75, 3.05) is 44.6 Å². The van der Waals surface area contributed by atoms with Gasteiger partial charge in [0, 0.05) is 61.2 Å². The van der Waals surface area contributed by atoms with Crippen LogP contribution in [0.3, 0.4) is 0 Å². The SMILES string of the molecule is CC(C)(C)OC(=O)N1CCC(C(=O)CBr)C1.Cc1nc(C2CCN(C(=O)OC(C)(C)C)C2)cs1.Cc1nc(C2CCNC2)cs1. The number of nitrogens with zero attached hydrogens (tertiary/aromatic N) is 4. The number of ketones is 1. The Bertz CT molecular complexity index is 1270. The first-order valence-electron chi connectivity index (χ1n) is 15.6. The van der Waals surface area contributed by atoms with Gasteiger partial charge >= 0.3 is 12.2 Å². The van der Waals surface area contributed by atoms with Gasteiger partial charge in [0.05, 0.1) is 26.7 Å². The van der Waals surface area contributed by atoms with Gasteiger partial charge in [-0.2, -0.15) is 0 Å². The molecule has 252 valence electrons. The van der Waals surface area contributed by atoms with Gasteiger partial charge in [0.15, 0.2) is 0 Å². The summed E-state index contributed by atoms with van der Waals surface area (Å²) in [6, 6.07) is 0. The fourth-order valence-corrected chi connectivity index (χ4v) is 7.01. The van der Waals surface area contributed by atoms with Crippen molar-refractivity contribution >= 4 is 56.6 Å². The first kappa shape index (κ1) is 37.4. The maximum absolute atomic E-state index is 11.9. The van der Waals surface area contributed by atoms with Crippen molar-refractivity contribution in [1.29, 1.82) is 0 Å². The standard InChI is InChI=1S/C13H20N2O2S.C11H18BrNO3.C8H12N2S/c1-9-14-11(8-18-9)10-5-6-15(7-10)12(16)17-13(2,3)4;1-11(2,3)16-10(15)13-5-4-8(7-13)9(14)6-12;1-6-10-8(5-11-6)7-2-3-9-4-7/h8,10H,5-7H2,1-4H3;8H,4-7H2,1-3H3;5,7,9H,2-4H2,1H3. The van der Waals surface area contributed by atoms with Crippen LogP contribution in [0.15, 0.2) is 10.8 Å². The van der Waals surface area contributed by atoms with Crippen LogP contribution in [0.1, 0.15) is 94.0 Å². The molecular weight excluding hydrogens is 678 g/mol. The third-order valence-electron chi connectivity index (χ3n) is 7.44. The highest BCUT2D eigenvalue weighted by Crippen LogP contribution is 2.29. The maximum Gasteiger partial charge on any atom is 0.410 e. The summed E-state index contributed by atoms with van der Waals surface area (Å²) in [4.78, 5) is 47.4. The molecule has 0 aromatic carbocycles. The van der Waals surface area contributed by atoms with Crippen LogP contribution in [-0.2, 0) is 14.3 Å². The van der Waals surface area contributed by atoms with Crippen LogP contribution in [0.5, 0.6) is 0 Å². The molecule has 45 heavy (non-hydrogen) atoms. The van der Waals surface area contributed by atoms with E-state index >= 15 is 0 Å². The fourth-order valence-electron chi connectivity index (χ4n) is 5.16. The zero-order chi connectivity index (χ0) is 33.4. The minimum atomic E-state index is -0.478. The van der Waals surface area contributed by atoms with Crippen molar-refractivity contribution in [3.63, 3.8) is 0 Å². The molecule has 1 N–H and O–H groups in total. The lowest BCUT2D eigenvalue weighted by molar-refractivity contribution is -0.119. The lowest BCUT2D eigenvalue weighted by Crippen LogP contribution is -2.36. The number of likely N-dealkylation sites (tertiary alicyclic amines) is 2. The largest absolute Gasteiger partial charge is 0.444 e. The third-order valence-corrected chi connectivity index (χ3v) is 9.57. The van der Waals surface area contributed by atoms with E-state index in [4.69, 9.17) is 9.47 Å². The average molecular weight is 729 g/mol. The van der Waals surface area contributed by atoms with Gasteiger partial charge in [-0.05, 0) is 81.2 Å². The molecule has 3 aliphatic rings. The highest BCUT2D eigenvalue weighted by Gasteiger charge is 2.33. The highest BCUT2D eigenvalue weighted by atomic mass is 79.9. The summed E-state index contributed by atoms with van der Waals surface area (Å²) in [5, 5.41) is 10.3. The number of nitrogens with one attached hydrogen (secondary N) is 1. The number of carbonyl (C=O) groups excluding carboxylic acids is 3. The van der Waals surface area contributed by atoms with Crippen molar-refractivity contribution in [3.8, 4) is 0 Å². The quantitative estimate of drug-likeness (QED) is 0.338. The number of alkyl halides is 1. The van der Waals surface area contributed by atoms with Gasteiger partial charge in [-0.1, -0.05) is 15.9 Å². The minimum Gasteiger partial charge on any atom is -0.444 e. The van der Waals surface area contributed by atoms with Gasteiger partial charge in [-0.15, -0.1) is 22.7 Å². The number of rotatable bonds is 4. The number of amides is 2. The second kappa shape index (κ2) is 16.6. The molecule has 3 fully saturated rings. The lowest BCUT2D eigenvalue weighted by atomic mass is 10.1. The number of carbonyl (C=O) groups is 3. The van der Waals surface area contributed by atoms with Crippen LogP contribution in [0.25, 0.3) is 0 Å². The third kappa shape index (κ3) is 12.6. The normalized spacial score (nSPS) is 21.5. The molecule has 0 saturated carbocycles. The van der Waals surface area contributed by atoms with Crippen molar-refractivity contribution < 1.29 is 23.9 Å². The molecule has 0 spiro atoms. The van der Waals surface area contributed by atoms with Crippen LogP contribution in [0, 0.1) is 19.8 Å². The molecule has 3 unspecified atom stereocenters. The molecule has 2 aromatic rings. The predicted molar refractivity (Wildman–Crippen MR) is 184 cm³/mol. The Morgan fingerprint density at radius 3 is 1.80 bits per heavy atom. The van der Waals surface area contributed by atoms with E-state index in [0.717, 1.165) is 49.7 Å². The molecule has 3 atom stereocenters. The van der Waals surface area contributed by atoms with E-state index in [-0.39, 0.29) is 23.9 Å². The molecule has 3 saturated heterocycles. The van der Waals surface area contributed by atoms with E-state index in [0.29, 0.717) is 30.3 Å². The number of halogens is 1. The van der Waals surface area contributed by atoms with Crippen LogP contribution in [-0.4, -0.2) is 93.5 Å². The van der Waals surface area contributed by atoms with Crippen molar-refractivity contribution in [2.24, 2.45) is 5.92 Å². The summed E-state index contributed by atoms with van der Waals surface area (Å²) in [6.07, 6.45) is 2.43. The molecule has 0 radical (unpaired) electrons. The molecule has 2 amide bonds. The van der Waals surface area contributed by atoms with E-state index in [9.17, 15) is 14.4 Å². The Labute approximate surface area is 284 Å². The van der Waals surface area contributed by atoms with Gasteiger partial charge in [-0.25, -0.2) is 19.6 Å². The predicted octanol–water partition coefficient (Wildman–Crippen LogP) is 6.91. The lowest BCUT2D eigenvalue weighted by Gasteiger charge is -2.24. The Morgan fingerprint density at radius 1 is 0.844 bits per heavy atom. The Balaban J connectivity index is 0.000000189. The van der Waals surface area contributed by atoms with Gasteiger partial charge in [-0.3, -0.25) is 4.79 Å². The summed E-state index contributed by atoms with van der Waals surface area (Å²) in [6.45, 7) is 20.1. The summed E-state index contributed by atoms with van der Waals surface area (Å²) >= 11 is 6.56. The number of hydrogen-bond acceptors (Lipinski definition) is 10. The van der Waals surface area contributed by atoms with Gasteiger partial charge in [0.2, 0.25) is 0 Å². The second-order valence-electron chi connectivity index (χ2n) is 13.7. The van der Waals surface area contributed by atoms with Crippen LogP contribution >= 0.6 is 38.6 Å². The Morgan fingerprint density at radius 2 is 1.36 bits per heavy atom. The van der Waals surface area contributed by atoms with E-state index in [2.05, 4.69) is 48.9 Å². The van der Waals surface area contributed by atoms with Crippen molar-refractivity contribution in [2.45, 2.75) is 97.7 Å². The van der Waals surface area contributed by atoms with E-state index < -0.39 is 11.2 Å². The molecule has 3 aliphatic heterocycles. The highest BCUT2D eigenvalue weighted by molar-refractivity contribution is 9.09. The molecule has 2 aromatic heterocycles. The smallest absolute Gasteiger partial charge is 0.410 e. The molecule has 10 nitrogen and oxygen atoms in total. The molecule has 13 heteroatoms. The number of Topliss-reactive ketones (excluding diaryl/α,β-unsaturated/α-hetero) is 1. The summed E-state index contributed by atoms with van der Waals surface area (Å²) in [7, 11) is 0. The van der Waals surface area contributed by atoms with Gasteiger partial charge < -0.3 is 24.6 Å². The van der Waals surface area contributed by atoms with E-state index in [1.807, 2.05) is 48.5 Å². The number of thiazole rings is 2. The van der Waals surface area contributed by atoms with E-state index in [1.54, 1.807) is 32.5 Å². The number of ether oxygens (including phenoxy) is 2. The minimum absolute atomic E-state index is 0.0353. The number of aryl methyl sites for hydroxylation is 2. The molecular formula is C32H50BrN5O5S2. The second-order valence-corrected chi connectivity index (χ2v) is 16.4. The molecule has 0 aliphatic carbocycles. The van der Waals surface area contributed by atoms with E-state index in [1.165, 1.54) is 17.1 Å². The fraction of sp³-hybridized carbons (Fsp3) is 0.719. The van der Waals surface area contributed by atoms with Crippen LogP contribution in [0.4, 0.5) is 9.59 Å². The monoisotopic (exact) mass is 727 g/mol.